The first-order chi connectivity index (χ1) is 6.59. The quantitative estimate of drug-likeness (QED) is 0.614. The highest BCUT2D eigenvalue weighted by Gasteiger charge is 2.09. The first-order valence-electron chi connectivity index (χ1n) is 3.92. The lowest BCUT2D eigenvalue weighted by molar-refractivity contribution is -0.255. The van der Waals surface area contributed by atoms with Crippen molar-refractivity contribution in [3.63, 3.8) is 0 Å². The van der Waals surface area contributed by atoms with Crippen LogP contribution >= 0.6 is 0 Å². The topological polar surface area (TPSA) is 108 Å². The summed E-state index contributed by atoms with van der Waals surface area (Å²) in [6.07, 6.45) is 1.68. The van der Waals surface area contributed by atoms with Crippen LogP contribution in [0.2, 0.25) is 0 Å². The van der Waals surface area contributed by atoms with Crippen molar-refractivity contribution in [3.8, 4) is 0 Å². The number of aromatic carboxylic acids is 1. The Kier molecular flexibility index (Phi) is 1.63. The molecule has 0 aliphatic rings. The summed E-state index contributed by atoms with van der Waals surface area (Å²) in [5, 5.41) is 10.6. The Labute approximate surface area is 78.8 Å². The Balaban J connectivity index is 2.80. The second-order valence-corrected chi connectivity index (χ2v) is 2.91. The number of nitrogens with one attached hydrogen (secondary N) is 1. The SMILES string of the molecule is Cc1c[nH]c2nc(N)c(C(=O)[O-])nc12. The molecule has 0 radical (unpaired) electrons. The molecule has 0 amide bonds. The van der Waals surface area contributed by atoms with Gasteiger partial charge in [0.25, 0.3) is 0 Å². The first-order valence-corrected chi connectivity index (χ1v) is 3.92. The zero-order chi connectivity index (χ0) is 10.3. The van der Waals surface area contributed by atoms with Crippen molar-refractivity contribution in [2.45, 2.75) is 6.92 Å². The van der Waals surface area contributed by atoms with E-state index in [9.17, 15) is 9.90 Å². The number of carboxylic acid groups (broad SMARTS) is 1. The molecule has 72 valence electrons. The van der Waals surface area contributed by atoms with Gasteiger partial charge in [0.2, 0.25) is 0 Å². The summed E-state index contributed by atoms with van der Waals surface area (Å²) in [6.45, 7) is 1.79. The van der Waals surface area contributed by atoms with Gasteiger partial charge in [-0.2, -0.15) is 0 Å². The molecule has 0 unspecified atom stereocenters. The zero-order valence-corrected chi connectivity index (χ0v) is 7.37. The van der Waals surface area contributed by atoms with E-state index in [1.54, 1.807) is 13.1 Å². The molecule has 14 heavy (non-hydrogen) atoms. The molecule has 2 aromatic rings. The number of carbonyl (C=O) groups is 1. The number of anilines is 1. The van der Waals surface area contributed by atoms with E-state index in [2.05, 4.69) is 15.0 Å². The van der Waals surface area contributed by atoms with Crippen molar-refractivity contribution in [2.75, 3.05) is 5.73 Å². The minimum atomic E-state index is -1.42. The minimum absolute atomic E-state index is 0.139. The van der Waals surface area contributed by atoms with Crippen molar-refractivity contribution in [1.82, 2.24) is 15.0 Å². The van der Waals surface area contributed by atoms with E-state index in [-0.39, 0.29) is 11.5 Å². The van der Waals surface area contributed by atoms with Crippen LogP contribution in [-0.4, -0.2) is 20.9 Å². The van der Waals surface area contributed by atoms with Gasteiger partial charge in [0.15, 0.2) is 11.5 Å². The van der Waals surface area contributed by atoms with Crippen molar-refractivity contribution >= 4 is 23.0 Å². The molecule has 0 aliphatic carbocycles. The fourth-order valence-electron chi connectivity index (χ4n) is 1.22. The first kappa shape index (κ1) is 8.49. The maximum absolute atomic E-state index is 10.6. The fourth-order valence-corrected chi connectivity index (χ4v) is 1.22. The molecule has 0 spiro atoms. The van der Waals surface area contributed by atoms with Crippen LogP contribution in [-0.2, 0) is 0 Å². The van der Waals surface area contributed by atoms with Crippen LogP contribution in [0.5, 0.6) is 0 Å². The number of rotatable bonds is 1. The molecule has 0 bridgehead atoms. The van der Waals surface area contributed by atoms with Gasteiger partial charge in [0.1, 0.15) is 11.2 Å². The number of carboxylic acids is 1. The molecule has 6 heteroatoms. The number of fused-ring (bicyclic) bond motifs is 1. The van der Waals surface area contributed by atoms with Crippen LogP contribution in [0.4, 0.5) is 5.82 Å². The molecule has 3 N–H and O–H groups in total. The highest BCUT2D eigenvalue weighted by molar-refractivity contribution is 5.92. The predicted octanol–water partition coefficient (Wildman–Crippen LogP) is -0.788. The number of nitrogens with two attached hydrogens (primary N) is 1. The molecule has 0 atom stereocenters. The average Bonchev–Trinajstić information content (AvgIpc) is 2.46. The van der Waals surface area contributed by atoms with Gasteiger partial charge in [0, 0.05) is 6.20 Å². The van der Waals surface area contributed by atoms with Crippen molar-refractivity contribution in [1.29, 1.82) is 0 Å². The third-order valence-electron chi connectivity index (χ3n) is 1.92. The van der Waals surface area contributed by atoms with E-state index in [4.69, 9.17) is 5.73 Å². The zero-order valence-electron chi connectivity index (χ0n) is 7.37. The van der Waals surface area contributed by atoms with Crippen LogP contribution in [0.25, 0.3) is 11.2 Å². The lowest BCUT2D eigenvalue weighted by Gasteiger charge is -2.04. The Morgan fingerprint density at radius 3 is 2.93 bits per heavy atom. The van der Waals surface area contributed by atoms with Crippen LogP contribution in [0, 0.1) is 6.92 Å². The Bertz CT molecular complexity index is 517. The highest BCUT2D eigenvalue weighted by Crippen LogP contribution is 2.16. The van der Waals surface area contributed by atoms with Crippen LogP contribution < -0.4 is 10.8 Å². The molecule has 2 aromatic heterocycles. The van der Waals surface area contributed by atoms with E-state index in [1.807, 2.05) is 0 Å². The van der Waals surface area contributed by atoms with Crippen molar-refractivity contribution < 1.29 is 9.90 Å². The summed E-state index contributed by atoms with van der Waals surface area (Å²) in [4.78, 5) is 21.1. The van der Waals surface area contributed by atoms with Gasteiger partial charge in [0.05, 0.1) is 5.97 Å². The summed E-state index contributed by atoms with van der Waals surface area (Å²) < 4.78 is 0. The minimum Gasteiger partial charge on any atom is -0.543 e. The number of carbonyl (C=O) groups excluding carboxylic acids is 1. The largest absolute Gasteiger partial charge is 0.543 e. The predicted molar refractivity (Wildman–Crippen MR) is 47.4 cm³/mol. The third kappa shape index (κ3) is 1.08. The monoisotopic (exact) mass is 191 g/mol. The highest BCUT2D eigenvalue weighted by atomic mass is 16.4. The summed E-state index contributed by atoms with van der Waals surface area (Å²) in [6, 6.07) is 0. The molecule has 6 nitrogen and oxygen atoms in total. The Morgan fingerprint density at radius 2 is 2.29 bits per heavy atom. The molecule has 0 saturated heterocycles. The van der Waals surface area contributed by atoms with Gasteiger partial charge in [-0.1, -0.05) is 0 Å². The number of nitrogen functional groups attached to an aromatic ring is 1. The molecular formula is C8H7N4O2-. The van der Waals surface area contributed by atoms with E-state index >= 15 is 0 Å². The Hall–Kier alpha value is -2.11. The number of aromatic nitrogens is 3. The lowest BCUT2D eigenvalue weighted by Crippen LogP contribution is -2.25. The van der Waals surface area contributed by atoms with E-state index < -0.39 is 5.97 Å². The normalized spacial score (nSPS) is 10.6. The smallest absolute Gasteiger partial charge is 0.158 e. The van der Waals surface area contributed by atoms with Crippen molar-refractivity contribution in [2.24, 2.45) is 0 Å². The summed E-state index contributed by atoms with van der Waals surface area (Å²) >= 11 is 0. The summed E-state index contributed by atoms with van der Waals surface area (Å²) in [7, 11) is 0. The van der Waals surface area contributed by atoms with Crippen molar-refractivity contribution in [3.05, 3.63) is 17.5 Å². The fraction of sp³-hybridized carbons (Fsp3) is 0.125. The molecular weight excluding hydrogens is 184 g/mol. The molecule has 2 rings (SSSR count). The second kappa shape index (κ2) is 2.69. The number of aryl methyl sites for hydroxylation is 1. The summed E-state index contributed by atoms with van der Waals surface area (Å²) in [5.74, 6) is -1.56. The maximum Gasteiger partial charge on any atom is 0.158 e. The standard InChI is InChI=1S/C8H8N4O2/c1-3-2-10-7-4(3)11-5(8(13)14)6(9)12-7/h2H,1H3,(H,13,14)(H3,9,10,12)/p-1. The number of nitrogens with zero attached hydrogens (tertiary/aromatic N) is 2. The molecule has 0 saturated carbocycles. The lowest BCUT2D eigenvalue weighted by atomic mass is 10.3. The van der Waals surface area contributed by atoms with Crippen LogP contribution in [0.15, 0.2) is 6.20 Å². The third-order valence-corrected chi connectivity index (χ3v) is 1.92. The van der Waals surface area contributed by atoms with Gasteiger partial charge in [-0.15, -0.1) is 0 Å². The van der Waals surface area contributed by atoms with Crippen LogP contribution in [0.3, 0.4) is 0 Å². The van der Waals surface area contributed by atoms with Gasteiger partial charge < -0.3 is 20.6 Å². The van der Waals surface area contributed by atoms with E-state index in [1.165, 1.54) is 0 Å². The molecule has 0 aromatic carbocycles. The maximum atomic E-state index is 10.6. The molecule has 0 fully saturated rings. The number of hydrogen-bond acceptors (Lipinski definition) is 5. The average molecular weight is 191 g/mol. The number of hydrogen-bond donors (Lipinski definition) is 2. The van der Waals surface area contributed by atoms with Gasteiger partial charge in [-0.3, -0.25) is 0 Å². The Morgan fingerprint density at radius 1 is 1.57 bits per heavy atom. The molecule has 2 heterocycles. The second-order valence-electron chi connectivity index (χ2n) is 2.91. The number of H-pyrrole nitrogens is 1. The van der Waals surface area contributed by atoms with Gasteiger partial charge in [-0.05, 0) is 12.5 Å². The number of aromatic amines is 1. The van der Waals surface area contributed by atoms with E-state index in [0.29, 0.717) is 11.2 Å². The van der Waals surface area contributed by atoms with Gasteiger partial charge in [-0.25, -0.2) is 9.97 Å². The molecule has 0 aliphatic heterocycles. The van der Waals surface area contributed by atoms with E-state index in [0.717, 1.165) is 5.56 Å². The van der Waals surface area contributed by atoms with Crippen LogP contribution in [0.1, 0.15) is 16.1 Å². The summed E-state index contributed by atoms with van der Waals surface area (Å²) in [5.41, 5.74) is 6.85. The van der Waals surface area contributed by atoms with Gasteiger partial charge >= 0.3 is 0 Å².